The van der Waals surface area contributed by atoms with Gasteiger partial charge in [-0.2, -0.15) is 0 Å². The normalized spacial score (nSPS) is 10.2. The van der Waals surface area contributed by atoms with Gasteiger partial charge in [0.2, 0.25) is 0 Å². The molecule has 0 atom stereocenters. The van der Waals surface area contributed by atoms with Crippen molar-refractivity contribution in [3.63, 3.8) is 0 Å². The summed E-state index contributed by atoms with van der Waals surface area (Å²) >= 11 is 6.83. The molecule has 1 heterocycles. The van der Waals surface area contributed by atoms with E-state index in [4.69, 9.17) is 21.7 Å². The molecule has 2 N–H and O–H groups in total. The molecule has 24 heavy (non-hydrogen) atoms. The maximum absolute atomic E-state index is 12.2. The van der Waals surface area contributed by atoms with Gasteiger partial charge in [0.1, 0.15) is 10.8 Å². The van der Waals surface area contributed by atoms with E-state index >= 15 is 0 Å². The van der Waals surface area contributed by atoms with Gasteiger partial charge in [-0.3, -0.25) is 0 Å². The van der Waals surface area contributed by atoms with E-state index in [1.807, 2.05) is 38.1 Å². The standard InChI is InChI=1S/C17H20N2O3S2/c1-5-22-16(20)14-10(2)11(3)24-15(14)19-17(23)18-12-7-6-8-13(9-12)21-4/h6-9H,5H2,1-4H3,(H2,18,19,23). The summed E-state index contributed by atoms with van der Waals surface area (Å²) in [7, 11) is 1.61. The number of carbonyl (C=O) groups excluding carboxylic acids is 1. The molecule has 2 rings (SSSR count). The lowest BCUT2D eigenvalue weighted by Crippen LogP contribution is -2.20. The van der Waals surface area contributed by atoms with Crippen molar-refractivity contribution < 1.29 is 14.3 Å². The van der Waals surface area contributed by atoms with Crippen molar-refractivity contribution in [1.82, 2.24) is 0 Å². The summed E-state index contributed by atoms with van der Waals surface area (Å²) in [6, 6.07) is 7.44. The second-order valence-corrected chi connectivity index (χ2v) is 6.65. The molecule has 0 saturated carbocycles. The fourth-order valence-electron chi connectivity index (χ4n) is 2.13. The largest absolute Gasteiger partial charge is 0.497 e. The highest BCUT2D eigenvalue weighted by Crippen LogP contribution is 2.33. The number of hydrogen-bond donors (Lipinski definition) is 2. The van der Waals surface area contributed by atoms with Crippen LogP contribution in [0.25, 0.3) is 0 Å². The highest BCUT2D eigenvalue weighted by atomic mass is 32.1. The van der Waals surface area contributed by atoms with Crippen molar-refractivity contribution >= 4 is 45.3 Å². The number of rotatable bonds is 5. The van der Waals surface area contributed by atoms with Gasteiger partial charge < -0.3 is 20.1 Å². The van der Waals surface area contributed by atoms with Crippen molar-refractivity contribution in [1.29, 1.82) is 0 Å². The number of hydrogen-bond acceptors (Lipinski definition) is 5. The number of ether oxygens (including phenoxy) is 2. The Labute approximate surface area is 151 Å². The predicted octanol–water partition coefficient (Wildman–Crippen LogP) is 4.36. The molecule has 1 aromatic carbocycles. The van der Waals surface area contributed by atoms with Crippen LogP contribution >= 0.6 is 23.6 Å². The zero-order chi connectivity index (χ0) is 17.7. The van der Waals surface area contributed by atoms with Crippen LogP contribution in [0.15, 0.2) is 24.3 Å². The fraction of sp³-hybridized carbons (Fsp3) is 0.294. The highest BCUT2D eigenvalue weighted by molar-refractivity contribution is 7.80. The highest BCUT2D eigenvalue weighted by Gasteiger charge is 2.21. The first-order chi connectivity index (χ1) is 11.5. The molecule has 2 aromatic rings. The minimum atomic E-state index is -0.342. The van der Waals surface area contributed by atoms with Crippen LogP contribution in [0.4, 0.5) is 10.7 Å². The topological polar surface area (TPSA) is 59.6 Å². The molecular weight excluding hydrogens is 344 g/mol. The molecule has 0 amide bonds. The quantitative estimate of drug-likeness (QED) is 0.607. The summed E-state index contributed by atoms with van der Waals surface area (Å²) < 4.78 is 10.3. The first-order valence-corrected chi connectivity index (χ1v) is 8.67. The van der Waals surface area contributed by atoms with Crippen LogP contribution in [0.3, 0.4) is 0 Å². The van der Waals surface area contributed by atoms with E-state index in [-0.39, 0.29) is 5.97 Å². The monoisotopic (exact) mass is 364 g/mol. The molecule has 128 valence electrons. The van der Waals surface area contributed by atoms with Crippen LogP contribution in [-0.2, 0) is 4.74 Å². The van der Waals surface area contributed by atoms with Gasteiger partial charge in [0, 0.05) is 16.6 Å². The van der Waals surface area contributed by atoms with Crippen molar-refractivity contribution in [3.8, 4) is 5.75 Å². The third kappa shape index (κ3) is 4.24. The SMILES string of the molecule is CCOC(=O)c1c(NC(=S)Nc2cccc(OC)c2)sc(C)c1C. The molecule has 0 bridgehead atoms. The maximum atomic E-state index is 12.2. The Kier molecular flexibility index (Phi) is 6.16. The molecular formula is C17H20N2O3S2. The van der Waals surface area contributed by atoms with E-state index in [1.54, 1.807) is 14.0 Å². The summed E-state index contributed by atoms with van der Waals surface area (Å²) in [5.41, 5.74) is 2.24. The summed E-state index contributed by atoms with van der Waals surface area (Å²) in [5, 5.41) is 7.26. The number of anilines is 2. The second kappa shape index (κ2) is 8.12. The van der Waals surface area contributed by atoms with E-state index in [0.717, 1.165) is 21.9 Å². The Bertz CT molecular complexity index is 756. The lowest BCUT2D eigenvalue weighted by Gasteiger charge is -2.11. The van der Waals surface area contributed by atoms with Gasteiger partial charge in [-0.25, -0.2) is 4.79 Å². The number of thiocarbonyl (C=S) groups is 1. The molecule has 0 aliphatic heterocycles. The number of benzene rings is 1. The zero-order valence-electron chi connectivity index (χ0n) is 14.1. The predicted molar refractivity (Wildman–Crippen MR) is 103 cm³/mol. The van der Waals surface area contributed by atoms with Gasteiger partial charge in [0.25, 0.3) is 0 Å². The van der Waals surface area contributed by atoms with E-state index in [2.05, 4.69) is 10.6 Å². The Morgan fingerprint density at radius 1 is 1.29 bits per heavy atom. The summed E-state index contributed by atoms with van der Waals surface area (Å²) in [5.74, 6) is 0.392. The van der Waals surface area contributed by atoms with E-state index in [1.165, 1.54) is 11.3 Å². The molecule has 0 unspecified atom stereocenters. The minimum absolute atomic E-state index is 0.332. The van der Waals surface area contributed by atoms with E-state index in [9.17, 15) is 4.79 Å². The molecule has 0 fully saturated rings. The lowest BCUT2D eigenvalue weighted by molar-refractivity contribution is 0.0527. The average Bonchev–Trinajstić information content (AvgIpc) is 2.81. The van der Waals surface area contributed by atoms with Gasteiger partial charge >= 0.3 is 5.97 Å². The van der Waals surface area contributed by atoms with Crippen molar-refractivity contribution in [2.75, 3.05) is 24.4 Å². The van der Waals surface area contributed by atoms with Gasteiger partial charge in [-0.1, -0.05) is 6.07 Å². The number of thiophene rings is 1. The number of esters is 1. The third-order valence-electron chi connectivity index (χ3n) is 3.42. The first-order valence-electron chi connectivity index (χ1n) is 7.45. The fourth-order valence-corrected chi connectivity index (χ4v) is 3.47. The Morgan fingerprint density at radius 2 is 2.04 bits per heavy atom. The van der Waals surface area contributed by atoms with Crippen molar-refractivity contribution in [2.45, 2.75) is 20.8 Å². The molecule has 7 heteroatoms. The molecule has 0 aliphatic carbocycles. The average molecular weight is 364 g/mol. The summed E-state index contributed by atoms with van der Waals surface area (Å²) in [6.45, 7) is 5.99. The molecule has 0 saturated heterocycles. The Hall–Kier alpha value is -2.12. The zero-order valence-corrected chi connectivity index (χ0v) is 15.7. The molecule has 1 aromatic heterocycles. The minimum Gasteiger partial charge on any atom is -0.497 e. The Balaban J connectivity index is 2.16. The van der Waals surface area contributed by atoms with E-state index in [0.29, 0.717) is 22.3 Å². The summed E-state index contributed by atoms with van der Waals surface area (Å²) in [4.78, 5) is 13.2. The van der Waals surface area contributed by atoms with Crippen LogP contribution in [0.1, 0.15) is 27.7 Å². The Morgan fingerprint density at radius 3 is 2.71 bits per heavy atom. The van der Waals surface area contributed by atoms with Crippen LogP contribution < -0.4 is 15.4 Å². The molecule has 0 spiro atoms. The van der Waals surface area contributed by atoms with Gasteiger partial charge in [0.05, 0.1) is 19.3 Å². The smallest absolute Gasteiger partial charge is 0.341 e. The van der Waals surface area contributed by atoms with Crippen LogP contribution in [0, 0.1) is 13.8 Å². The third-order valence-corrected chi connectivity index (χ3v) is 4.75. The van der Waals surface area contributed by atoms with Crippen molar-refractivity contribution in [3.05, 3.63) is 40.3 Å². The van der Waals surface area contributed by atoms with Crippen LogP contribution in [0.5, 0.6) is 5.75 Å². The van der Waals surface area contributed by atoms with Gasteiger partial charge in [-0.05, 0) is 50.7 Å². The van der Waals surface area contributed by atoms with Crippen LogP contribution in [0.2, 0.25) is 0 Å². The molecule has 0 aliphatic rings. The number of nitrogens with one attached hydrogen (secondary N) is 2. The van der Waals surface area contributed by atoms with Gasteiger partial charge in [0.15, 0.2) is 5.11 Å². The number of aryl methyl sites for hydroxylation is 1. The van der Waals surface area contributed by atoms with E-state index < -0.39 is 0 Å². The second-order valence-electron chi connectivity index (χ2n) is 5.02. The number of methoxy groups -OCH3 is 1. The van der Waals surface area contributed by atoms with Crippen LogP contribution in [-0.4, -0.2) is 24.8 Å². The number of carbonyl (C=O) groups is 1. The molecule has 0 radical (unpaired) electrons. The molecule has 5 nitrogen and oxygen atoms in total. The lowest BCUT2D eigenvalue weighted by atomic mass is 10.1. The van der Waals surface area contributed by atoms with Crippen molar-refractivity contribution in [2.24, 2.45) is 0 Å². The van der Waals surface area contributed by atoms with Gasteiger partial charge in [-0.15, -0.1) is 11.3 Å². The first kappa shape index (κ1) is 18.2. The maximum Gasteiger partial charge on any atom is 0.341 e. The summed E-state index contributed by atoms with van der Waals surface area (Å²) in [6.07, 6.45) is 0.